The molecule has 3 saturated carbocycles. The van der Waals surface area contributed by atoms with Crippen LogP contribution in [0.5, 0.6) is 0 Å². The summed E-state index contributed by atoms with van der Waals surface area (Å²) in [6.07, 6.45) is -6.67. The Hall–Kier alpha value is -1.83. The first-order valence-electron chi connectivity index (χ1n) is 15.8. The van der Waals surface area contributed by atoms with Crippen molar-refractivity contribution in [2.24, 2.45) is 40.9 Å². The third-order valence-electron chi connectivity index (χ3n) is 13.4. The molecule has 18 atom stereocenters. The van der Waals surface area contributed by atoms with Gasteiger partial charge in [0.2, 0.25) is 0 Å². The maximum Gasteiger partial charge on any atom is 0.341 e. The van der Waals surface area contributed by atoms with Crippen LogP contribution >= 0.6 is 0 Å². The SMILES string of the molecule is CC(=O)O[C@H]1[C@@H](O)C2[C@H]3OC(=O)[C@H](O)[C@H]4OC(C)(C)[C@H](CC[C@H]2[C@@]2(C)[C@@H](O)C[C@@H]5[C@@H](C)[C@@H]([C@H]6OC(=O)[C@@]7(C)O[C@H]67)O[C@]512)C34. The first-order chi connectivity index (χ1) is 20.1. The zero-order chi connectivity index (χ0) is 30.8. The molecule has 0 bridgehead atoms. The quantitative estimate of drug-likeness (QED) is 0.223. The number of fused-ring (bicyclic) bond motifs is 4. The summed E-state index contributed by atoms with van der Waals surface area (Å²) in [7, 11) is 0. The van der Waals surface area contributed by atoms with Crippen LogP contribution < -0.4 is 0 Å². The number of aliphatic hydroxyl groups excluding tert-OH is 3. The second kappa shape index (κ2) is 8.50. The van der Waals surface area contributed by atoms with E-state index < -0.39 is 113 Å². The number of hydrogen-bond donors (Lipinski definition) is 3. The molecule has 43 heavy (non-hydrogen) atoms. The fraction of sp³-hybridized carbons (Fsp3) is 0.903. The summed E-state index contributed by atoms with van der Waals surface area (Å²) in [6.45, 7) is 10.8. The number of esters is 3. The molecule has 5 heterocycles. The van der Waals surface area contributed by atoms with Crippen molar-refractivity contribution >= 4 is 17.9 Å². The predicted octanol–water partition coefficient (Wildman–Crippen LogP) is 0.259. The maximum atomic E-state index is 13.0. The fourth-order valence-electron chi connectivity index (χ4n) is 11.4. The summed E-state index contributed by atoms with van der Waals surface area (Å²) in [6, 6.07) is 0. The molecule has 0 radical (unpaired) electrons. The van der Waals surface area contributed by atoms with Crippen molar-refractivity contribution in [3.63, 3.8) is 0 Å². The van der Waals surface area contributed by atoms with Gasteiger partial charge in [0.25, 0.3) is 0 Å². The van der Waals surface area contributed by atoms with E-state index in [0.29, 0.717) is 19.3 Å². The normalized spacial score (nSPS) is 60.4. The highest BCUT2D eigenvalue weighted by atomic mass is 16.7. The van der Waals surface area contributed by atoms with E-state index in [-0.39, 0.29) is 17.8 Å². The third kappa shape index (κ3) is 3.20. The van der Waals surface area contributed by atoms with Crippen LogP contribution in [0, 0.1) is 40.9 Å². The molecular formula is C31H42O12. The number of epoxide rings is 1. The van der Waals surface area contributed by atoms with Crippen LogP contribution in [0.25, 0.3) is 0 Å². The summed E-state index contributed by atoms with van der Waals surface area (Å²) in [5.74, 6) is -4.04. The molecule has 0 aromatic heterocycles. The van der Waals surface area contributed by atoms with Gasteiger partial charge in [0.05, 0.1) is 11.7 Å². The molecule has 5 aliphatic heterocycles. The van der Waals surface area contributed by atoms with Crippen molar-refractivity contribution in [1.29, 1.82) is 0 Å². The Bertz CT molecular complexity index is 1290. The van der Waals surface area contributed by atoms with Crippen molar-refractivity contribution in [2.45, 2.75) is 133 Å². The standard InChI is InChI=1S/C31H42O12/c1-10-14-9-15(33)29(5)13-8-7-12-17-21(39-26(36)19(35)22(17)41-28(12,3)4)16(13)18(34)24(38-11(2)32)31(14,29)42-20(10)23-25-30(6,43-25)27(37)40-23/h10,12-25,33-35H,7-9H2,1-6H3/t10-,12-,13-,14-,15+,16?,17?,18+,19-,20+,21-,22+,23-,24+,25-,29+,30+,31-/m1/s1. The van der Waals surface area contributed by atoms with Gasteiger partial charge in [0.1, 0.15) is 36.1 Å². The van der Waals surface area contributed by atoms with Gasteiger partial charge in [-0.3, -0.25) is 4.79 Å². The Kier molecular flexibility index (Phi) is 5.66. The van der Waals surface area contributed by atoms with Crippen molar-refractivity contribution in [3.8, 4) is 0 Å². The molecule has 3 aliphatic carbocycles. The van der Waals surface area contributed by atoms with Crippen molar-refractivity contribution < 1.29 is 58.1 Å². The average molecular weight is 607 g/mol. The Morgan fingerprint density at radius 2 is 1.56 bits per heavy atom. The molecule has 1 spiro atoms. The van der Waals surface area contributed by atoms with Crippen LogP contribution in [0.2, 0.25) is 0 Å². The van der Waals surface area contributed by atoms with E-state index in [2.05, 4.69) is 0 Å². The number of hydrogen-bond acceptors (Lipinski definition) is 12. The smallest absolute Gasteiger partial charge is 0.341 e. The first-order valence-corrected chi connectivity index (χ1v) is 15.8. The molecule has 0 aromatic rings. The van der Waals surface area contributed by atoms with Crippen LogP contribution in [-0.2, 0) is 42.8 Å². The second-order valence-corrected chi connectivity index (χ2v) is 15.4. The highest BCUT2D eigenvalue weighted by Crippen LogP contribution is 2.72. The molecule has 3 N–H and O–H groups in total. The topological polar surface area (TPSA) is 171 Å². The van der Waals surface area contributed by atoms with Crippen LogP contribution in [-0.4, -0.2) is 105 Å². The molecule has 8 fully saturated rings. The lowest BCUT2D eigenvalue weighted by molar-refractivity contribution is -0.301. The Labute approximate surface area is 249 Å². The molecule has 12 heteroatoms. The molecule has 238 valence electrons. The summed E-state index contributed by atoms with van der Waals surface area (Å²) in [5, 5.41) is 35.2. The monoisotopic (exact) mass is 606 g/mol. The molecule has 8 rings (SSSR count). The molecule has 0 aromatic carbocycles. The Morgan fingerprint density at radius 1 is 0.860 bits per heavy atom. The number of rotatable bonds is 2. The fourth-order valence-corrected chi connectivity index (χ4v) is 11.4. The van der Waals surface area contributed by atoms with Crippen LogP contribution in [0.4, 0.5) is 0 Å². The van der Waals surface area contributed by atoms with Gasteiger partial charge >= 0.3 is 17.9 Å². The van der Waals surface area contributed by atoms with E-state index in [9.17, 15) is 29.7 Å². The van der Waals surface area contributed by atoms with E-state index in [4.69, 9.17) is 28.4 Å². The van der Waals surface area contributed by atoms with E-state index in [1.165, 1.54) is 6.92 Å². The molecule has 2 unspecified atom stereocenters. The molecule has 5 saturated heterocycles. The van der Waals surface area contributed by atoms with Gasteiger partial charge in [-0.25, -0.2) is 9.59 Å². The summed E-state index contributed by atoms with van der Waals surface area (Å²) in [4.78, 5) is 38.4. The lowest BCUT2D eigenvalue weighted by Crippen LogP contribution is -2.73. The van der Waals surface area contributed by atoms with Crippen LogP contribution in [0.15, 0.2) is 0 Å². The van der Waals surface area contributed by atoms with E-state index in [0.717, 1.165) is 0 Å². The van der Waals surface area contributed by atoms with Gasteiger partial charge in [0, 0.05) is 24.2 Å². The van der Waals surface area contributed by atoms with Gasteiger partial charge in [0.15, 0.2) is 23.9 Å². The van der Waals surface area contributed by atoms with E-state index in [1.807, 2.05) is 27.7 Å². The van der Waals surface area contributed by atoms with Gasteiger partial charge in [-0.05, 0) is 63.7 Å². The van der Waals surface area contributed by atoms with E-state index in [1.54, 1.807) is 6.92 Å². The van der Waals surface area contributed by atoms with Crippen LogP contribution in [0.1, 0.15) is 60.8 Å². The lowest BCUT2D eigenvalue weighted by atomic mass is 9.50. The third-order valence-corrected chi connectivity index (χ3v) is 13.4. The van der Waals surface area contributed by atoms with Gasteiger partial charge in [-0.2, -0.15) is 0 Å². The molecule has 0 amide bonds. The van der Waals surface area contributed by atoms with E-state index >= 15 is 0 Å². The van der Waals surface area contributed by atoms with Crippen molar-refractivity contribution in [3.05, 3.63) is 0 Å². The number of carbonyl (C=O) groups is 3. The largest absolute Gasteiger partial charge is 0.460 e. The Balaban J connectivity index is 1.26. The minimum absolute atomic E-state index is 0.0946. The zero-order valence-electron chi connectivity index (χ0n) is 25.3. The minimum Gasteiger partial charge on any atom is -0.460 e. The molecular weight excluding hydrogens is 564 g/mol. The van der Waals surface area contributed by atoms with Gasteiger partial charge < -0.3 is 43.7 Å². The van der Waals surface area contributed by atoms with Crippen molar-refractivity contribution in [2.75, 3.05) is 0 Å². The van der Waals surface area contributed by atoms with Crippen molar-refractivity contribution in [1.82, 2.24) is 0 Å². The van der Waals surface area contributed by atoms with Gasteiger partial charge in [-0.1, -0.05) is 13.8 Å². The molecule has 8 aliphatic rings. The highest BCUT2D eigenvalue weighted by molar-refractivity contribution is 5.86. The number of carbonyl (C=O) groups excluding carboxylic acids is 3. The lowest BCUT2D eigenvalue weighted by Gasteiger charge is -2.61. The highest BCUT2D eigenvalue weighted by Gasteiger charge is 2.83. The zero-order valence-corrected chi connectivity index (χ0v) is 25.3. The number of cyclic esters (lactones) is 1. The first kappa shape index (κ1) is 28.6. The Morgan fingerprint density at radius 3 is 2.19 bits per heavy atom. The summed E-state index contributed by atoms with van der Waals surface area (Å²) in [5.41, 5.74) is -4.02. The molecule has 12 nitrogen and oxygen atoms in total. The summed E-state index contributed by atoms with van der Waals surface area (Å²) >= 11 is 0. The minimum atomic E-state index is -1.44. The van der Waals surface area contributed by atoms with Crippen LogP contribution in [0.3, 0.4) is 0 Å². The number of aliphatic hydroxyl groups is 3. The summed E-state index contributed by atoms with van der Waals surface area (Å²) < 4.78 is 36.9. The number of ether oxygens (including phenoxy) is 6. The van der Waals surface area contributed by atoms with Gasteiger partial charge in [-0.15, -0.1) is 0 Å². The maximum absolute atomic E-state index is 13.0. The average Bonchev–Trinajstić information content (AvgIpc) is 3.29. The predicted molar refractivity (Wildman–Crippen MR) is 142 cm³/mol. The second-order valence-electron chi connectivity index (χ2n) is 15.4.